The van der Waals surface area contributed by atoms with E-state index in [1.807, 2.05) is 66.7 Å². The number of hydrogen-bond donors (Lipinski definition) is 0. The van der Waals surface area contributed by atoms with Gasteiger partial charge >= 0.3 is 0 Å². The first-order valence-corrected chi connectivity index (χ1v) is 8.53. The van der Waals surface area contributed by atoms with Gasteiger partial charge in [-0.1, -0.05) is 60.7 Å². The highest BCUT2D eigenvalue weighted by Crippen LogP contribution is 2.31. The lowest BCUT2D eigenvalue weighted by Crippen LogP contribution is -2.14. The van der Waals surface area contributed by atoms with E-state index in [9.17, 15) is 10.1 Å². The topological polar surface area (TPSA) is 64.7 Å². The number of ether oxygens (including phenoxy) is 1. The molecule has 4 rings (SSSR count). The van der Waals surface area contributed by atoms with Gasteiger partial charge in [-0.25, -0.2) is 4.99 Å². The average molecular weight is 356 g/mol. The van der Waals surface area contributed by atoms with E-state index in [2.05, 4.69) is 0 Å². The lowest BCUT2D eigenvalue weighted by atomic mass is 10.0. The second kappa shape index (κ2) is 7.25. The van der Waals surface area contributed by atoms with Crippen LogP contribution in [0.15, 0.2) is 96.0 Å². The van der Waals surface area contributed by atoms with Crippen LogP contribution in [0.4, 0.5) is 5.69 Å². The van der Waals surface area contributed by atoms with Crippen LogP contribution < -0.4 is 0 Å². The molecule has 0 fully saturated rings. The van der Waals surface area contributed by atoms with E-state index in [4.69, 9.17) is 9.73 Å². The van der Waals surface area contributed by atoms with Gasteiger partial charge in [0, 0.05) is 23.3 Å². The predicted molar refractivity (Wildman–Crippen MR) is 104 cm³/mol. The van der Waals surface area contributed by atoms with E-state index in [-0.39, 0.29) is 11.7 Å². The molecule has 0 unspecified atom stereocenters. The molecular formula is C22H16N2O3. The first-order chi connectivity index (χ1) is 13.2. The van der Waals surface area contributed by atoms with Crippen molar-refractivity contribution in [1.29, 1.82) is 0 Å². The van der Waals surface area contributed by atoms with Gasteiger partial charge in [-0.3, -0.25) is 10.1 Å². The third-order valence-electron chi connectivity index (χ3n) is 4.30. The van der Waals surface area contributed by atoms with Gasteiger partial charge in [0.15, 0.2) is 0 Å². The number of nitro groups is 1. The lowest BCUT2D eigenvalue weighted by molar-refractivity contribution is -0.384. The number of nitro benzene ring substituents is 1. The summed E-state index contributed by atoms with van der Waals surface area (Å²) < 4.78 is 6.05. The molecular weight excluding hydrogens is 340 g/mol. The summed E-state index contributed by atoms with van der Waals surface area (Å²) in [6.45, 7) is 0. The average Bonchev–Trinajstić information content (AvgIpc) is 2.75. The van der Waals surface area contributed by atoms with Crippen molar-refractivity contribution < 1.29 is 9.66 Å². The molecule has 27 heavy (non-hydrogen) atoms. The highest BCUT2D eigenvalue weighted by atomic mass is 16.6. The van der Waals surface area contributed by atoms with Crippen molar-refractivity contribution in [2.45, 2.75) is 6.04 Å². The third-order valence-corrected chi connectivity index (χ3v) is 4.30. The molecule has 132 valence electrons. The van der Waals surface area contributed by atoms with E-state index in [1.54, 1.807) is 12.1 Å². The van der Waals surface area contributed by atoms with Gasteiger partial charge in [0.25, 0.3) is 5.69 Å². The maximum absolute atomic E-state index is 10.9. The Morgan fingerprint density at radius 2 is 1.44 bits per heavy atom. The molecule has 3 aromatic carbocycles. The Hall–Kier alpha value is -3.73. The van der Waals surface area contributed by atoms with Crippen LogP contribution in [0, 0.1) is 10.1 Å². The zero-order valence-corrected chi connectivity index (χ0v) is 14.4. The quantitative estimate of drug-likeness (QED) is 0.479. The first kappa shape index (κ1) is 16.7. The van der Waals surface area contributed by atoms with E-state index in [1.165, 1.54) is 12.1 Å². The number of nitrogens with zero attached hydrogens (tertiary/aromatic N) is 2. The summed E-state index contributed by atoms with van der Waals surface area (Å²) in [6.07, 6.45) is 1.99. The van der Waals surface area contributed by atoms with E-state index >= 15 is 0 Å². The number of aliphatic imine (C=N–C) groups is 1. The SMILES string of the molecule is O=[N+]([O-])c1ccc(C2=N[C@@H](c3ccccc3)C=C(c3ccccc3)O2)cc1. The van der Waals surface area contributed by atoms with Crippen LogP contribution in [-0.2, 0) is 4.74 Å². The minimum atomic E-state index is -0.421. The Kier molecular flexibility index (Phi) is 4.49. The Labute approximate surface area is 156 Å². The summed E-state index contributed by atoms with van der Waals surface area (Å²) in [4.78, 5) is 15.2. The maximum atomic E-state index is 10.9. The van der Waals surface area contributed by atoms with Gasteiger partial charge in [-0.05, 0) is 23.8 Å². The molecule has 1 atom stereocenters. The number of non-ortho nitro benzene ring substituents is 1. The normalized spacial score (nSPS) is 16.1. The second-order valence-electron chi connectivity index (χ2n) is 6.09. The molecule has 5 heteroatoms. The number of hydrogen-bond acceptors (Lipinski definition) is 4. The summed E-state index contributed by atoms with van der Waals surface area (Å²) >= 11 is 0. The fraction of sp³-hybridized carbons (Fsp3) is 0.0455. The van der Waals surface area contributed by atoms with Crippen molar-refractivity contribution >= 4 is 17.3 Å². The largest absolute Gasteiger partial charge is 0.438 e. The molecule has 0 amide bonds. The van der Waals surface area contributed by atoms with Gasteiger partial charge in [0.2, 0.25) is 5.90 Å². The molecule has 1 aliphatic rings. The van der Waals surface area contributed by atoms with Crippen LogP contribution in [0.2, 0.25) is 0 Å². The van der Waals surface area contributed by atoms with Crippen molar-refractivity contribution in [3.05, 3.63) is 118 Å². The fourth-order valence-corrected chi connectivity index (χ4v) is 2.91. The van der Waals surface area contributed by atoms with E-state index in [0.29, 0.717) is 17.2 Å². The van der Waals surface area contributed by atoms with E-state index < -0.39 is 4.92 Å². The van der Waals surface area contributed by atoms with Crippen LogP contribution in [0.5, 0.6) is 0 Å². The molecule has 0 bridgehead atoms. The van der Waals surface area contributed by atoms with Crippen LogP contribution >= 0.6 is 0 Å². The van der Waals surface area contributed by atoms with Gasteiger partial charge in [0.1, 0.15) is 11.8 Å². The van der Waals surface area contributed by atoms with Gasteiger partial charge < -0.3 is 4.74 Å². The zero-order valence-electron chi connectivity index (χ0n) is 14.4. The Morgan fingerprint density at radius 3 is 2.07 bits per heavy atom. The first-order valence-electron chi connectivity index (χ1n) is 8.53. The molecule has 0 radical (unpaired) electrons. The Balaban J connectivity index is 1.74. The van der Waals surface area contributed by atoms with Gasteiger partial charge in [0.05, 0.1) is 4.92 Å². The number of rotatable bonds is 4. The molecule has 0 aliphatic carbocycles. The standard InChI is InChI=1S/C22H16N2O3/c25-24(26)19-13-11-18(12-14-19)22-23-20(16-7-3-1-4-8-16)15-21(27-22)17-9-5-2-6-10-17/h1-15,20H/t20-/m1/s1. The summed E-state index contributed by atoms with van der Waals surface area (Å²) in [6, 6.07) is 25.8. The highest BCUT2D eigenvalue weighted by molar-refractivity contribution is 5.98. The molecule has 0 spiro atoms. The number of benzene rings is 3. The van der Waals surface area contributed by atoms with Crippen molar-refractivity contribution in [2.24, 2.45) is 4.99 Å². The maximum Gasteiger partial charge on any atom is 0.269 e. The summed E-state index contributed by atoms with van der Waals surface area (Å²) in [5.74, 6) is 1.16. The summed E-state index contributed by atoms with van der Waals surface area (Å²) in [5.41, 5.74) is 2.73. The summed E-state index contributed by atoms with van der Waals surface area (Å²) in [5, 5.41) is 10.9. The third kappa shape index (κ3) is 3.62. The highest BCUT2D eigenvalue weighted by Gasteiger charge is 2.21. The van der Waals surface area contributed by atoms with Crippen molar-refractivity contribution in [3.63, 3.8) is 0 Å². The zero-order chi connectivity index (χ0) is 18.6. The van der Waals surface area contributed by atoms with Crippen LogP contribution in [0.25, 0.3) is 5.76 Å². The van der Waals surface area contributed by atoms with Crippen LogP contribution in [0.3, 0.4) is 0 Å². The Morgan fingerprint density at radius 1 is 0.815 bits per heavy atom. The van der Waals surface area contributed by atoms with Crippen molar-refractivity contribution in [2.75, 3.05) is 0 Å². The molecule has 0 N–H and O–H groups in total. The van der Waals surface area contributed by atoms with E-state index in [0.717, 1.165) is 11.1 Å². The van der Waals surface area contributed by atoms with Crippen LogP contribution in [0.1, 0.15) is 22.7 Å². The van der Waals surface area contributed by atoms with Gasteiger partial charge in [-0.15, -0.1) is 0 Å². The lowest BCUT2D eigenvalue weighted by Gasteiger charge is -2.21. The molecule has 0 aromatic heterocycles. The molecule has 3 aromatic rings. The minimum absolute atomic E-state index is 0.0357. The second-order valence-corrected chi connectivity index (χ2v) is 6.09. The monoisotopic (exact) mass is 356 g/mol. The molecule has 5 nitrogen and oxygen atoms in total. The molecule has 1 heterocycles. The summed E-state index contributed by atoms with van der Waals surface area (Å²) in [7, 11) is 0. The minimum Gasteiger partial charge on any atom is -0.438 e. The smallest absolute Gasteiger partial charge is 0.269 e. The molecule has 0 saturated heterocycles. The van der Waals surface area contributed by atoms with Crippen LogP contribution in [-0.4, -0.2) is 10.8 Å². The Bertz CT molecular complexity index is 1010. The van der Waals surface area contributed by atoms with Crippen molar-refractivity contribution in [1.82, 2.24) is 0 Å². The van der Waals surface area contributed by atoms with Gasteiger partial charge in [-0.2, -0.15) is 0 Å². The van der Waals surface area contributed by atoms with Crippen molar-refractivity contribution in [3.8, 4) is 0 Å². The molecule has 1 aliphatic heterocycles. The predicted octanol–water partition coefficient (Wildman–Crippen LogP) is 5.15. The fourth-order valence-electron chi connectivity index (χ4n) is 2.91. The molecule has 0 saturated carbocycles.